The Balaban J connectivity index is 2.08. The van der Waals surface area contributed by atoms with E-state index in [4.69, 9.17) is 5.73 Å². The van der Waals surface area contributed by atoms with E-state index in [1.165, 1.54) is 4.90 Å². The van der Waals surface area contributed by atoms with Crippen LogP contribution in [0.1, 0.15) is 23.2 Å². The molecule has 0 bridgehead atoms. The minimum atomic E-state index is -0.977. The summed E-state index contributed by atoms with van der Waals surface area (Å²) in [4.78, 5) is 15.9. The molecule has 0 aliphatic carbocycles. The third-order valence-electron chi connectivity index (χ3n) is 4.05. The van der Waals surface area contributed by atoms with Crippen molar-refractivity contribution in [3.63, 3.8) is 0 Å². The fourth-order valence-electron chi connectivity index (χ4n) is 2.67. The minimum absolute atomic E-state index is 0.215. The van der Waals surface area contributed by atoms with E-state index >= 15 is 0 Å². The molecule has 4 nitrogen and oxygen atoms in total. The number of rotatable bonds is 3. The number of nitrogens with two attached hydrogens (primary N) is 1. The molecule has 1 heterocycles. The number of amides is 1. The molecule has 1 saturated heterocycles. The van der Waals surface area contributed by atoms with Gasteiger partial charge >= 0.3 is 0 Å². The average Bonchev–Trinajstić information content (AvgIpc) is 2.45. The van der Waals surface area contributed by atoms with Crippen LogP contribution in [0.4, 0.5) is 14.5 Å². The number of nitrogens with zero attached hydrogens (tertiary/aromatic N) is 2. The maximum absolute atomic E-state index is 13.9. The molecule has 2 rings (SSSR count). The van der Waals surface area contributed by atoms with Crippen LogP contribution in [-0.4, -0.2) is 49.4 Å². The van der Waals surface area contributed by atoms with E-state index in [9.17, 15) is 13.6 Å². The second kappa shape index (κ2) is 6.39. The van der Waals surface area contributed by atoms with Gasteiger partial charge in [0, 0.05) is 13.6 Å². The molecule has 0 spiro atoms. The SMILES string of the molecule is CN1CCC(CN(C)C(=O)c2c(F)ccc(N)c2F)CC1. The molecule has 1 aromatic carbocycles. The van der Waals surface area contributed by atoms with Gasteiger partial charge in [0.15, 0.2) is 5.82 Å². The van der Waals surface area contributed by atoms with Crippen molar-refractivity contribution in [3.05, 3.63) is 29.3 Å². The summed E-state index contributed by atoms with van der Waals surface area (Å²) in [5, 5.41) is 0. The van der Waals surface area contributed by atoms with Crippen LogP contribution in [0.25, 0.3) is 0 Å². The molecule has 6 heteroatoms. The standard InChI is InChI=1S/C15H21F2N3O/c1-19-7-5-10(6-8-19)9-20(2)15(21)13-11(16)3-4-12(18)14(13)17/h3-4,10H,5-9,18H2,1-2H3. The lowest BCUT2D eigenvalue weighted by Gasteiger charge is -2.31. The molecule has 1 aliphatic rings. The topological polar surface area (TPSA) is 49.6 Å². The van der Waals surface area contributed by atoms with Crippen molar-refractivity contribution in [3.8, 4) is 0 Å². The van der Waals surface area contributed by atoms with E-state index < -0.39 is 23.1 Å². The highest BCUT2D eigenvalue weighted by atomic mass is 19.1. The Hall–Kier alpha value is -1.69. The average molecular weight is 297 g/mol. The van der Waals surface area contributed by atoms with Crippen molar-refractivity contribution >= 4 is 11.6 Å². The van der Waals surface area contributed by atoms with Crippen LogP contribution in [0, 0.1) is 17.6 Å². The van der Waals surface area contributed by atoms with E-state index in [0.29, 0.717) is 12.5 Å². The molecule has 2 N–H and O–H groups in total. The molecule has 1 aromatic rings. The fraction of sp³-hybridized carbons (Fsp3) is 0.533. The lowest BCUT2D eigenvalue weighted by Crippen LogP contribution is -2.38. The lowest BCUT2D eigenvalue weighted by atomic mass is 9.96. The van der Waals surface area contributed by atoms with E-state index in [-0.39, 0.29) is 5.69 Å². The van der Waals surface area contributed by atoms with E-state index in [1.807, 2.05) is 0 Å². The van der Waals surface area contributed by atoms with Crippen LogP contribution in [0.2, 0.25) is 0 Å². The van der Waals surface area contributed by atoms with E-state index in [0.717, 1.165) is 38.1 Å². The third kappa shape index (κ3) is 3.50. The minimum Gasteiger partial charge on any atom is -0.396 e. The number of benzene rings is 1. The highest BCUT2D eigenvalue weighted by molar-refractivity contribution is 5.95. The van der Waals surface area contributed by atoms with Crippen LogP contribution in [0.15, 0.2) is 12.1 Å². The highest BCUT2D eigenvalue weighted by Crippen LogP contribution is 2.22. The Morgan fingerprint density at radius 1 is 1.38 bits per heavy atom. The van der Waals surface area contributed by atoms with Gasteiger partial charge in [0.25, 0.3) is 5.91 Å². The smallest absolute Gasteiger partial charge is 0.259 e. The van der Waals surface area contributed by atoms with E-state index in [1.54, 1.807) is 7.05 Å². The monoisotopic (exact) mass is 297 g/mol. The van der Waals surface area contributed by atoms with Gasteiger partial charge in [-0.25, -0.2) is 8.78 Å². The second-order valence-corrected chi connectivity index (χ2v) is 5.76. The zero-order chi connectivity index (χ0) is 15.6. The highest BCUT2D eigenvalue weighted by Gasteiger charge is 2.25. The molecule has 0 aromatic heterocycles. The van der Waals surface area contributed by atoms with Crippen molar-refractivity contribution in [2.24, 2.45) is 5.92 Å². The predicted molar refractivity (Wildman–Crippen MR) is 78.0 cm³/mol. The number of anilines is 1. The first kappa shape index (κ1) is 15.7. The molecule has 0 unspecified atom stereocenters. The normalized spacial score (nSPS) is 17.0. The fourth-order valence-corrected chi connectivity index (χ4v) is 2.67. The summed E-state index contributed by atoms with van der Waals surface area (Å²) in [5.41, 5.74) is 4.63. The number of nitrogen functional groups attached to an aromatic ring is 1. The number of carbonyl (C=O) groups is 1. The molecule has 116 valence electrons. The number of carbonyl (C=O) groups excluding carboxylic acids is 1. The van der Waals surface area contributed by atoms with Gasteiger partial charge in [-0.2, -0.15) is 0 Å². The van der Waals surface area contributed by atoms with Crippen molar-refractivity contribution in [1.82, 2.24) is 9.80 Å². The maximum atomic E-state index is 13.9. The van der Waals surface area contributed by atoms with Gasteiger partial charge in [0.2, 0.25) is 0 Å². The summed E-state index contributed by atoms with van der Waals surface area (Å²) in [5.74, 6) is -2.14. The van der Waals surface area contributed by atoms with Crippen molar-refractivity contribution < 1.29 is 13.6 Å². The van der Waals surface area contributed by atoms with Crippen LogP contribution < -0.4 is 5.73 Å². The molecule has 1 fully saturated rings. The molecule has 1 aliphatic heterocycles. The largest absolute Gasteiger partial charge is 0.396 e. The Bertz CT molecular complexity index is 528. The predicted octanol–water partition coefficient (Wildman–Crippen LogP) is 1.96. The summed E-state index contributed by atoms with van der Waals surface area (Å²) in [6.07, 6.45) is 1.96. The Kier molecular flexibility index (Phi) is 4.77. The Morgan fingerprint density at radius 3 is 2.62 bits per heavy atom. The molecule has 21 heavy (non-hydrogen) atoms. The van der Waals surface area contributed by atoms with Crippen molar-refractivity contribution in [1.29, 1.82) is 0 Å². The summed E-state index contributed by atoms with van der Waals surface area (Å²) in [6.45, 7) is 2.46. The number of likely N-dealkylation sites (tertiary alicyclic amines) is 1. The summed E-state index contributed by atoms with van der Waals surface area (Å²) in [7, 11) is 3.63. The van der Waals surface area contributed by atoms with E-state index in [2.05, 4.69) is 11.9 Å². The maximum Gasteiger partial charge on any atom is 0.259 e. The number of halogens is 2. The van der Waals surface area contributed by atoms with Gasteiger partial charge in [-0.05, 0) is 51.0 Å². The summed E-state index contributed by atoms with van der Waals surface area (Å²) >= 11 is 0. The van der Waals surface area contributed by atoms with Gasteiger partial charge in [0.05, 0.1) is 5.69 Å². The second-order valence-electron chi connectivity index (χ2n) is 5.76. The van der Waals surface area contributed by atoms with Crippen LogP contribution in [0.3, 0.4) is 0 Å². The van der Waals surface area contributed by atoms with Crippen molar-refractivity contribution in [2.45, 2.75) is 12.8 Å². The summed E-state index contributed by atoms with van der Waals surface area (Å²) in [6, 6.07) is 2.15. The summed E-state index contributed by atoms with van der Waals surface area (Å²) < 4.78 is 27.6. The molecule has 0 saturated carbocycles. The van der Waals surface area contributed by atoms with Crippen LogP contribution in [-0.2, 0) is 0 Å². The van der Waals surface area contributed by atoms with Gasteiger partial charge in [-0.1, -0.05) is 0 Å². The van der Waals surface area contributed by atoms with Gasteiger partial charge in [-0.3, -0.25) is 4.79 Å². The molecular formula is C15H21F2N3O. The Labute approximate surface area is 123 Å². The van der Waals surface area contributed by atoms with Crippen LogP contribution in [0.5, 0.6) is 0 Å². The molecule has 1 amide bonds. The molecule has 0 atom stereocenters. The molecule has 0 radical (unpaired) electrons. The van der Waals surface area contributed by atoms with Crippen LogP contribution >= 0.6 is 0 Å². The number of hydrogen-bond donors (Lipinski definition) is 1. The quantitative estimate of drug-likeness (QED) is 0.868. The zero-order valence-corrected chi connectivity index (χ0v) is 12.4. The lowest BCUT2D eigenvalue weighted by molar-refractivity contribution is 0.0737. The first-order valence-corrected chi connectivity index (χ1v) is 7.07. The number of piperidine rings is 1. The van der Waals surface area contributed by atoms with Gasteiger partial charge in [0.1, 0.15) is 11.4 Å². The van der Waals surface area contributed by atoms with Gasteiger partial charge in [-0.15, -0.1) is 0 Å². The van der Waals surface area contributed by atoms with Gasteiger partial charge < -0.3 is 15.5 Å². The Morgan fingerprint density at radius 2 is 2.00 bits per heavy atom. The third-order valence-corrected chi connectivity index (χ3v) is 4.05. The zero-order valence-electron chi connectivity index (χ0n) is 12.4. The molecular weight excluding hydrogens is 276 g/mol. The number of hydrogen-bond acceptors (Lipinski definition) is 3. The van der Waals surface area contributed by atoms with Crippen molar-refractivity contribution in [2.75, 3.05) is 39.5 Å². The first-order valence-electron chi connectivity index (χ1n) is 7.07. The first-order chi connectivity index (χ1) is 9.90.